The van der Waals surface area contributed by atoms with Crippen LogP contribution < -0.4 is 0 Å². The molecule has 1 heterocycles. The zero-order valence-corrected chi connectivity index (χ0v) is 9.62. The molecule has 0 bridgehead atoms. The molecule has 0 saturated carbocycles. The Bertz CT molecular complexity index is 234. The van der Waals surface area contributed by atoms with E-state index in [0.29, 0.717) is 6.54 Å². The molecule has 1 aliphatic heterocycles. The number of nitrogens with zero attached hydrogens (tertiary/aromatic N) is 2. The fourth-order valence-electron chi connectivity index (χ4n) is 1.37. The lowest BCUT2D eigenvalue weighted by Crippen LogP contribution is -2.51. The molecule has 0 radical (unpaired) electrons. The van der Waals surface area contributed by atoms with Gasteiger partial charge in [0.2, 0.25) is 0 Å². The number of amides is 1. The van der Waals surface area contributed by atoms with E-state index in [1.54, 1.807) is 0 Å². The van der Waals surface area contributed by atoms with E-state index in [0.717, 1.165) is 13.1 Å². The van der Waals surface area contributed by atoms with E-state index >= 15 is 0 Å². The average molecular weight is 298 g/mol. The molecule has 0 aromatic rings. The van der Waals surface area contributed by atoms with Gasteiger partial charge in [-0.1, -0.05) is 6.58 Å². The minimum absolute atomic E-state index is 0.0608. The van der Waals surface area contributed by atoms with Gasteiger partial charge in [-0.05, 0) is 6.92 Å². The fraction of sp³-hybridized carbons (Fsp3) is 0.625. The van der Waals surface area contributed by atoms with Crippen LogP contribution in [-0.2, 0) is 4.79 Å². The molecular formula is C8H12FIN2O. The van der Waals surface area contributed by atoms with Gasteiger partial charge in [-0.25, -0.2) is 7.50 Å². The fourth-order valence-corrected chi connectivity index (χ4v) is 2.16. The van der Waals surface area contributed by atoms with Crippen molar-refractivity contribution in [3.8, 4) is 0 Å². The summed E-state index contributed by atoms with van der Waals surface area (Å²) in [6.07, 6.45) is 0. The predicted molar refractivity (Wildman–Crippen MR) is 57.0 cm³/mol. The molecule has 1 aliphatic rings. The third kappa shape index (κ3) is 2.63. The van der Waals surface area contributed by atoms with Gasteiger partial charge in [0.25, 0.3) is 5.91 Å². The Hall–Kier alpha value is -0.170. The number of hydrogen-bond donors (Lipinski definition) is 0. The topological polar surface area (TPSA) is 23.6 Å². The monoisotopic (exact) mass is 298 g/mol. The van der Waals surface area contributed by atoms with Crippen LogP contribution in [0, 0.1) is 0 Å². The van der Waals surface area contributed by atoms with Gasteiger partial charge in [0.05, 0.1) is 0 Å². The molecule has 0 N–H and O–H groups in total. The van der Waals surface area contributed by atoms with Crippen molar-refractivity contribution in [2.75, 3.05) is 19.6 Å². The first-order valence-electron chi connectivity index (χ1n) is 4.08. The minimum atomic E-state index is -0.867. The third-order valence-electron chi connectivity index (χ3n) is 2.07. The summed E-state index contributed by atoms with van der Waals surface area (Å²) in [5, 5.41) is 0. The summed E-state index contributed by atoms with van der Waals surface area (Å²) in [4.78, 5) is 12.8. The van der Waals surface area contributed by atoms with Crippen LogP contribution in [0.15, 0.2) is 12.4 Å². The van der Waals surface area contributed by atoms with Crippen LogP contribution in [0.3, 0.4) is 0 Å². The van der Waals surface area contributed by atoms with Gasteiger partial charge < -0.3 is 4.90 Å². The largest absolute Gasteiger partial charge is 0.331 e. The SMILES string of the molecule is C=C(F)C(=O)N1CCN(I)C[C@@H]1C. The van der Waals surface area contributed by atoms with Crippen LogP contribution >= 0.6 is 22.9 Å². The Morgan fingerprint density at radius 1 is 1.62 bits per heavy atom. The van der Waals surface area contributed by atoms with Gasteiger partial charge in [-0.15, -0.1) is 0 Å². The summed E-state index contributed by atoms with van der Waals surface area (Å²) in [5.74, 6) is -1.44. The molecule has 0 spiro atoms. The van der Waals surface area contributed by atoms with E-state index < -0.39 is 11.7 Å². The van der Waals surface area contributed by atoms with Gasteiger partial charge >= 0.3 is 0 Å². The summed E-state index contributed by atoms with van der Waals surface area (Å²) >= 11 is 2.20. The maximum Gasteiger partial charge on any atom is 0.282 e. The number of carbonyl (C=O) groups excluding carboxylic acids is 1. The second-order valence-corrected chi connectivity index (χ2v) is 4.49. The maximum absolute atomic E-state index is 12.5. The first kappa shape index (κ1) is 10.9. The molecule has 1 atom stereocenters. The first-order chi connectivity index (χ1) is 6.02. The van der Waals surface area contributed by atoms with Crippen LogP contribution in [0.25, 0.3) is 0 Å². The highest BCUT2D eigenvalue weighted by Gasteiger charge is 2.27. The molecule has 0 aliphatic carbocycles. The average Bonchev–Trinajstić information content (AvgIpc) is 2.03. The van der Waals surface area contributed by atoms with E-state index in [1.165, 1.54) is 4.90 Å². The second-order valence-electron chi connectivity index (χ2n) is 3.12. The van der Waals surface area contributed by atoms with Crippen LogP contribution in [0.2, 0.25) is 0 Å². The second kappa shape index (κ2) is 4.36. The third-order valence-corrected chi connectivity index (χ3v) is 2.95. The van der Waals surface area contributed by atoms with Gasteiger partial charge in [0.1, 0.15) is 0 Å². The van der Waals surface area contributed by atoms with Crippen molar-refractivity contribution in [1.29, 1.82) is 0 Å². The molecule has 0 aromatic heterocycles. The zero-order chi connectivity index (χ0) is 10.0. The van der Waals surface area contributed by atoms with Crippen molar-refractivity contribution < 1.29 is 9.18 Å². The number of halogens is 2. The Balaban J connectivity index is 2.61. The first-order valence-corrected chi connectivity index (χ1v) is 5.05. The number of carbonyl (C=O) groups is 1. The smallest absolute Gasteiger partial charge is 0.282 e. The normalized spacial score (nSPS) is 24.5. The molecule has 0 aromatic carbocycles. The molecule has 13 heavy (non-hydrogen) atoms. The highest BCUT2D eigenvalue weighted by Crippen LogP contribution is 2.15. The summed E-state index contributed by atoms with van der Waals surface area (Å²) in [6.45, 7) is 7.05. The molecule has 1 fully saturated rings. The van der Waals surface area contributed by atoms with E-state index in [9.17, 15) is 9.18 Å². The predicted octanol–water partition coefficient (Wildman–Crippen LogP) is 1.35. The lowest BCUT2D eigenvalue weighted by molar-refractivity contribution is -0.131. The number of hydrogen-bond acceptors (Lipinski definition) is 2. The molecule has 74 valence electrons. The van der Waals surface area contributed by atoms with Gasteiger partial charge in [-0.2, -0.15) is 0 Å². The van der Waals surface area contributed by atoms with Crippen molar-refractivity contribution in [1.82, 2.24) is 8.01 Å². The van der Waals surface area contributed by atoms with E-state index in [1.807, 2.05) is 6.92 Å². The molecule has 1 rings (SSSR count). The number of piperazine rings is 1. The Morgan fingerprint density at radius 3 is 2.69 bits per heavy atom. The molecule has 5 heteroatoms. The van der Waals surface area contributed by atoms with Crippen LogP contribution in [0.1, 0.15) is 6.92 Å². The highest BCUT2D eigenvalue weighted by atomic mass is 127. The summed E-state index contributed by atoms with van der Waals surface area (Å²) in [7, 11) is 0. The molecule has 0 unspecified atom stereocenters. The minimum Gasteiger partial charge on any atom is -0.331 e. The van der Waals surface area contributed by atoms with E-state index in [-0.39, 0.29) is 6.04 Å². The lowest BCUT2D eigenvalue weighted by Gasteiger charge is -2.36. The molecule has 1 saturated heterocycles. The Kier molecular flexibility index (Phi) is 3.66. The summed E-state index contributed by atoms with van der Waals surface area (Å²) in [6, 6.07) is 0.0608. The van der Waals surface area contributed by atoms with Gasteiger partial charge in [-0.3, -0.25) is 4.79 Å². The molecule has 1 amide bonds. The lowest BCUT2D eigenvalue weighted by atomic mass is 10.2. The van der Waals surface area contributed by atoms with E-state index in [4.69, 9.17) is 0 Å². The van der Waals surface area contributed by atoms with Crippen LogP contribution in [0.4, 0.5) is 4.39 Å². The molecular weight excluding hydrogens is 286 g/mol. The van der Waals surface area contributed by atoms with Crippen LogP contribution in [-0.4, -0.2) is 39.6 Å². The van der Waals surface area contributed by atoms with E-state index in [2.05, 4.69) is 32.6 Å². The Morgan fingerprint density at radius 2 is 2.23 bits per heavy atom. The van der Waals surface area contributed by atoms with Crippen molar-refractivity contribution >= 4 is 28.8 Å². The van der Waals surface area contributed by atoms with Gasteiger partial charge in [0, 0.05) is 48.5 Å². The maximum atomic E-state index is 12.5. The summed E-state index contributed by atoms with van der Waals surface area (Å²) in [5.41, 5.74) is 0. The highest BCUT2D eigenvalue weighted by molar-refractivity contribution is 14.1. The van der Waals surface area contributed by atoms with Crippen molar-refractivity contribution in [3.05, 3.63) is 12.4 Å². The van der Waals surface area contributed by atoms with Crippen molar-refractivity contribution in [2.45, 2.75) is 13.0 Å². The Labute approximate surface area is 91.1 Å². The molecule has 3 nitrogen and oxygen atoms in total. The summed E-state index contributed by atoms with van der Waals surface area (Å²) < 4.78 is 14.6. The standard InChI is InChI=1S/C8H12FIN2O/c1-6-5-11(10)3-4-12(6)8(13)7(2)9/h6H,2-5H2,1H3/t6-/m0/s1. The van der Waals surface area contributed by atoms with Crippen LogP contribution in [0.5, 0.6) is 0 Å². The van der Waals surface area contributed by atoms with Crippen molar-refractivity contribution in [2.24, 2.45) is 0 Å². The van der Waals surface area contributed by atoms with Crippen molar-refractivity contribution in [3.63, 3.8) is 0 Å². The zero-order valence-electron chi connectivity index (χ0n) is 7.46. The number of rotatable bonds is 1. The quantitative estimate of drug-likeness (QED) is 0.414. The van der Waals surface area contributed by atoms with Gasteiger partial charge in [0.15, 0.2) is 5.83 Å².